The summed E-state index contributed by atoms with van der Waals surface area (Å²) < 4.78 is 10.4. The van der Waals surface area contributed by atoms with E-state index in [0.717, 1.165) is 0 Å². The molecule has 1 aliphatic rings. The van der Waals surface area contributed by atoms with Crippen LogP contribution in [0.25, 0.3) is 0 Å². The third-order valence-corrected chi connectivity index (χ3v) is 1.97. The van der Waals surface area contributed by atoms with Gasteiger partial charge in [0.15, 0.2) is 11.6 Å². The molecule has 0 aliphatic carbocycles. The molecule has 6 heteroatoms. The fourth-order valence-electron chi connectivity index (χ4n) is 1.34. The number of hydrogen-bond acceptors (Lipinski definition) is 6. The van der Waals surface area contributed by atoms with Crippen LogP contribution in [0.15, 0.2) is 6.33 Å². The maximum Gasteiger partial charge on any atom is 0.204 e. The summed E-state index contributed by atoms with van der Waals surface area (Å²) in [6.45, 7) is 1.09. The zero-order valence-corrected chi connectivity index (χ0v) is 7.86. The van der Waals surface area contributed by atoms with Crippen molar-refractivity contribution in [3.8, 4) is 5.75 Å². The van der Waals surface area contributed by atoms with Crippen LogP contribution in [0.4, 0.5) is 11.6 Å². The molecule has 76 valence electrons. The Balaban J connectivity index is 2.18. The molecule has 2 heterocycles. The molecule has 1 unspecified atom stereocenters. The van der Waals surface area contributed by atoms with E-state index in [1.807, 2.05) is 0 Å². The number of hydrogen-bond donors (Lipinski definition) is 2. The lowest BCUT2D eigenvalue weighted by Gasteiger charge is -2.26. The largest absolute Gasteiger partial charge is 0.484 e. The first-order chi connectivity index (χ1) is 6.81. The Hall–Kier alpha value is -1.56. The lowest BCUT2D eigenvalue weighted by molar-refractivity contribution is 0.154. The molecule has 0 saturated heterocycles. The number of methoxy groups -OCH3 is 1. The smallest absolute Gasteiger partial charge is 0.204 e. The van der Waals surface area contributed by atoms with Gasteiger partial charge in [-0.2, -0.15) is 0 Å². The highest BCUT2D eigenvalue weighted by Gasteiger charge is 2.21. The van der Waals surface area contributed by atoms with Gasteiger partial charge in [-0.25, -0.2) is 9.97 Å². The predicted octanol–water partition coefficient (Wildman–Crippen LogP) is -0.122. The van der Waals surface area contributed by atoms with Crippen LogP contribution in [0.3, 0.4) is 0 Å². The second-order valence-corrected chi connectivity index (χ2v) is 3.04. The van der Waals surface area contributed by atoms with Crippen molar-refractivity contribution in [3.05, 3.63) is 6.33 Å². The molecule has 6 nitrogen and oxygen atoms in total. The van der Waals surface area contributed by atoms with Gasteiger partial charge in [-0.1, -0.05) is 0 Å². The lowest BCUT2D eigenvalue weighted by Crippen LogP contribution is -2.36. The van der Waals surface area contributed by atoms with Crippen LogP contribution in [0.5, 0.6) is 5.75 Å². The Morgan fingerprint density at radius 1 is 1.71 bits per heavy atom. The number of aromatic nitrogens is 2. The van der Waals surface area contributed by atoms with E-state index in [0.29, 0.717) is 30.6 Å². The van der Waals surface area contributed by atoms with Crippen molar-refractivity contribution in [2.75, 3.05) is 31.4 Å². The highest BCUT2D eigenvalue weighted by atomic mass is 16.5. The van der Waals surface area contributed by atoms with Gasteiger partial charge in [-0.3, -0.25) is 0 Å². The number of rotatable bonds is 2. The van der Waals surface area contributed by atoms with Crippen LogP contribution in [0.2, 0.25) is 0 Å². The summed E-state index contributed by atoms with van der Waals surface area (Å²) in [4.78, 5) is 7.86. The fourth-order valence-corrected chi connectivity index (χ4v) is 1.34. The quantitative estimate of drug-likeness (QED) is 0.686. The predicted molar refractivity (Wildman–Crippen MR) is 51.2 cm³/mol. The van der Waals surface area contributed by atoms with Crippen LogP contribution in [-0.2, 0) is 4.74 Å². The summed E-state index contributed by atoms with van der Waals surface area (Å²) in [7, 11) is 1.64. The minimum absolute atomic E-state index is 0.113. The van der Waals surface area contributed by atoms with Gasteiger partial charge in [0, 0.05) is 7.11 Å². The minimum atomic E-state index is 0.113. The molecule has 14 heavy (non-hydrogen) atoms. The Morgan fingerprint density at radius 3 is 3.36 bits per heavy atom. The molecule has 0 aromatic carbocycles. The zero-order valence-electron chi connectivity index (χ0n) is 7.86. The third-order valence-electron chi connectivity index (χ3n) is 1.97. The lowest BCUT2D eigenvalue weighted by atomic mass is 10.3. The third kappa shape index (κ3) is 1.56. The van der Waals surface area contributed by atoms with Gasteiger partial charge in [0.2, 0.25) is 5.75 Å². The molecule has 0 radical (unpaired) electrons. The number of ether oxygens (including phenoxy) is 2. The van der Waals surface area contributed by atoms with Gasteiger partial charge in [0.05, 0.1) is 12.6 Å². The van der Waals surface area contributed by atoms with Crippen molar-refractivity contribution in [1.82, 2.24) is 9.97 Å². The molecule has 0 spiro atoms. The van der Waals surface area contributed by atoms with Crippen molar-refractivity contribution in [2.45, 2.75) is 6.04 Å². The maximum absolute atomic E-state index is 5.61. The van der Waals surface area contributed by atoms with Crippen LogP contribution in [0.1, 0.15) is 0 Å². The summed E-state index contributed by atoms with van der Waals surface area (Å²) in [5.41, 5.74) is 5.61. The Kier molecular flexibility index (Phi) is 2.36. The van der Waals surface area contributed by atoms with Crippen LogP contribution in [-0.4, -0.2) is 36.3 Å². The van der Waals surface area contributed by atoms with E-state index in [4.69, 9.17) is 15.2 Å². The average Bonchev–Trinajstić information content (AvgIpc) is 2.18. The zero-order chi connectivity index (χ0) is 9.97. The number of fused-ring (bicyclic) bond motifs is 1. The number of nitrogens with two attached hydrogens (primary N) is 1. The molecular weight excluding hydrogens is 184 g/mol. The number of anilines is 2. The van der Waals surface area contributed by atoms with Gasteiger partial charge in [-0.05, 0) is 0 Å². The maximum atomic E-state index is 5.61. The van der Waals surface area contributed by atoms with Crippen LogP contribution in [0, 0.1) is 0 Å². The molecule has 0 saturated carbocycles. The highest BCUT2D eigenvalue weighted by Crippen LogP contribution is 2.30. The first-order valence-electron chi connectivity index (χ1n) is 4.30. The van der Waals surface area contributed by atoms with Crippen LogP contribution >= 0.6 is 0 Å². The second-order valence-electron chi connectivity index (χ2n) is 3.04. The molecule has 0 fully saturated rings. The van der Waals surface area contributed by atoms with E-state index >= 15 is 0 Å². The molecule has 1 aromatic rings. The Labute approximate surface area is 81.4 Å². The summed E-state index contributed by atoms with van der Waals surface area (Å²) >= 11 is 0. The highest BCUT2D eigenvalue weighted by molar-refractivity contribution is 5.62. The summed E-state index contributed by atoms with van der Waals surface area (Å²) in [5, 5.41) is 3.16. The Bertz CT molecular complexity index is 331. The molecule has 1 atom stereocenters. The second kappa shape index (κ2) is 3.67. The molecule has 1 aliphatic heterocycles. The summed E-state index contributed by atoms with van der Waals surface area (Å²) in [6.07, 6.45) is 1.40. The van der Waals surface area contributed by atoms with Crippen molar-refractivity contribution in [3.63, 3.8) is 0 Å². The standard InChI is InChI=1S/C8H12N4O2/c1-13-2-5-3-14-6-7(9)10-4-11-8(6)12-5/h4-5H,2-3H2,1H3,(H3,9,10,11,12). The fraction of sp³-hybridized carbons (Fsp3) is 0.500. The van der Waals surface area contributed by atoms with E-state index < -0.39 is 0 Å². The summed E-state index contributed by atoms with van der Waals surface area (Å²) in [6, 6.07) is 0.113. The van der Waals surface area contributed by atoms with E-state index in [1.165, 1.54) is 6.33 Å². The SMILES string of the molecule is COCC1COc2c(N)ncnc2N1. The van der Waals surface area contributed by atoms with Gasteiger partial charge in [0.25, 0.3) is 0 Å². The van der Waals surface area contributed by atoms with Crippen LogP contribution < -0.4 is 15.8 Å². The van der Waals surface area contributed by atoms with Crippen molar-refractivity contribution < 1.29 is 9.47 Å². The van der Waals surface area contributed by atoms with E-state index in [9.17, 15) is 0 Å². The van der Waals surface area contributed by atoms with Gasteiger partial charge < -0.3 is 20.5 Å². The summed E-state index contributed by atoms with van der Waals surface area (Å²) in [5.74, 6) is 1.52. The minimum Gasteiger partial charge on any atom is -0.484 e. The van der Waals surface area contributed by atoms with E-state index in [2.05, 4.69) is 15.3 Å². The van der Waals surface area contributed by atoms with Crippen molar-refractivity contribution in [1.29, 1.82) is 0 Å². The average molecular weight is 196 g/mol. The molecule has 1 aromatic heterocycles. The number of nitrogens with zero attached hydrogens (tertiary/aromatic N) is 2. The topological polar surface area (TPSA) is 82.3 Å². The molecule has 0 bridgehead atoms. The number of nitrogens with one attached hydrogen (secondary N) is 1. The number of nitrogen functional groups attached to an aromatic ring is 1. The van der Waals surface area contributed by atoms with Crippen molar-refractivity contribution in [2.24, 2.45) is 0 Å². The molecule has 0 amide bonds. The van der Waals surface area contributed by atoms with Gasteiger partial charge in [0.1, 0.15) is 12.9 Å². The van der Waals surface area contributed by atoms with E-state index in [1.54, 1.807) is 7.11 Å². The monoisotopic (exact) mass is 196 g/mol. The first kappa shape index (κ1) is 9.01. The van der Waals surface area contributed by atoms with Gasteiger partial charge in [-0.15, -0.1) is 0 Å². The first-order valence-corrected chi connectivity index (χ1v) is 4.30. The molecule has 2 rings (SSSR count). The van der Waals surface area contributed by atoms with E-state index in [-0.39, 0.29) is 6.04 Å². The normalized spacial score (nSPS) is 19.4. The molecular formula is C8H12N4O2. The van der Waals surface area contributed by atoms with Crippen molar-refractivity contribution >= 4 is 11.6 Å². The molecule has 3 N–H and O–H groups in total. The van der Waals surface area contributed by atoms with Gasteiger partial charge >= 0.3 is 0 Å². The Morgan fingerprint density at radius 2 is 2.57 bits per heavy atom.